The first kappa shape index (κ1) is 25.5. The summed E-state index contributed by atoms with van der Waals surface area (Å²) in [6.45, 7) is 12.5. The number of nitrogens with zero attached hydrogens (tertiary/aromatic N) is 4. The van der Waals surface area contributed by atoms with Crippen LogP contribution in [-0.4, -0.2) is 65.1 Å². The largest absolute Gasteiger partial charge is 0.386 e. The van der Waals surface area contributed by atoms with Gasteiger partial charge in [0.1, 0.15) is 0 Å². The molecule has 1 fully saturated rings. The second kappa shape index (κ2) is 13.0. The van der Waals surface area contributed by atoms with Gasteiger partial charge >= 0.3 is 0 Å². The summed E-state index contributed by atoms with van der Waals surface area (Å²) in [7, 11) is 0. The molecule has 1 aromatic heterocycles. The van der Waals surface area contributed by atoms with Crippen molar-refractivity contribution < 1.29 is 5.11 Å². The molecule has 0 spiro atoms. The zero-order valence-corrected chi connectivity index (χ0v) is 21.2. The van der Waals surface area contributed by atoms with E-state index in [1.165, 1.54) is 11.1 Å². The highest BCUT2D eigenvalue weighted by Crippen LogP contribution is 2.16. The number of pyridine rings is 1. The molecule has 6 nitrogen and oxygen atoms in total. The lowest BCUT2D eigenvalue weighted by atomic mass is 10.0. The average Bonchev–Trinajstić information content (AvgIpc) is 2.78. The number of aliphatic imine (C=N–C) groups is 1. The predicted molar refractivity (Wildman–Crippen MR) is 138 cm³/mol. The fraction of sp³-hybridized carbons (Fsp3) is 0.500. The van der Waals surface area contributed by atoms with Crippen LogP contribution < -0.4 is 5.32 Å². The van der Waals surface area contributed by atoms with Crippen LogP contribution in [0.4, 0.5) is 0 Å². The number of rotatable bonds is 7. The smallest absolute Gasteiger partial charge is 0.194 e. The third-order valence-electron chi connectivity index (χ3n) is 5.56. The summed E-state index contributed by atoms with van der Waals surface area (Å²) in [4.78, 5) is 13.5. The zero-order valence-electron chi connectivity index (χ0n) is 18.9. The number of guanidine groups is 1. The molecule has 7 heteroatoms. The summed E-state index contributed by atoms with van der Waals surface area (Å²) in [6.07, 6.45) is 2.78. The number of aliphatic hydroxyl groups excluding tert-OH is 1. The van der Waals surface area contributed by atoms with Gasteiger partial charge in [-0.05, 0) is 41.7 Å². The molecule has 31 heavy (non-hydrogen) atoms. The molecule has 2 heterocycles. The van der Waals surface area contributed by atoms with Gasteiger partial charge in [0.2, 0.25) is 0 Å². The van der Waals surface area contributed by atoms with Gasteiger partial charge in [0.05, 0.1) is 12.6 Å². The Bertz CT molecular complexity index is 789. The summed E-state index contributed by atoms with van der Waals surface area (Å²) in [5.41, 5.74) is 3.61. The molecule has 0 amide bonds. The molecule has 170 valence electrons. The van der Waals surface area contributed by atoms with Gasteiger partial charge < -0.3 is 15.3 Å². The first-order valence-corrected chi connectivity index (χ1v) is 11.0. The molecule has 1 aliphatic heterocycles. The van der Waals surface area contributed by atoms with Crippen molar-refractivity contribution in [3.8, 4) is 0 Å². The molecular weight excluding hydrogens is 501 g/mol. The van der Waals surface area contributed by atoms with Crippen LogP contribution in [0, 0.1) is 0 Å². The minimum atomic E-state index is -0.614. The molecule has 1 aromatic carbocycles. The summed E-state index contributed by atoms with van der Waals surface area (Å²) in [6, 6.07) is 12.7. The Labute approximate surface area is 203 Å². The molecule has 3 rings (SSSR count). The Morgan fingerprint density at radius 3 is 2.26 bits per heavy atom. The van der Waals surface area contributed by atoms with Crippen LogP contribution in [0.15, 0.2) is 53.8 Å². The van der Waals surface area contributed by atoms with Crippen LogP contribution in [0.3, 0.4) is 0 Å². The number of piperazine rings is 1. The minimum Gasteiger partial charge on any atom is -0.386 e. The van der Waals surface area contributed by atoms with Crippen LogP contribution >= 0.6 is 24.0 Å². The minimum absolute atomic E-state index is 0. The summed E-state index contributed by atoms with van der Waals surface area (Å²) in [5, 5.41) is 13.8. The number of hydrogen-bond acceptors (Lipinski definition) is 4. The van der Waals surface area contributed by atoms with E-state index < -0.39 is 6.10 Å². The lowest BCUT2D eigenvalue weighted by Crippen LogP contribution is -2.52. The van der Waals surface area contributed by atoms with Crippen molar-refractivity contribution in [3.63, 3.8) is 0 Å². The zero-order chi connectivity index (χ0) is 21.3. The topological polar surface area (TPSA) is 64.0 Å². The Morgan fingerprint density at radius 1 is 1.03 bits per heavy atom. The maximum atomic E-state index is 10.4. The molecule has 1 saturated heterocycles. The van der Waals surface area contributed by atoms with Gasteiger partial charge in [0.25, 0.3) is 0 Å². The Kier molecular flexibility index (Phi) is 10.7. The molecule has 0 saturated carbocycles. The fourth-order valence-corrected chi connectivity index (χ4v) is 3.67. The van der Waals surface area contributed by atoms with Crippen LogP contribution in [0.2, 0.25) is 0 Å². The molecule has 1 aliphatic rings. The summed E-state index contributed by atoms with van der Waals surface area (Å²) in [5.74, 6) is 1.45. The van der Waals surface area contributed by atoms with Crippen molar-refractivity contribution in [2.45, 2.75) is 39.3 Å². The van der Waals surface area contributed by atoms with Gasteiger partial charge in [-0.25, -0.2) is 0 Å². The van der Waals surface area contributed by atoms with E-state index in [1.54, 1.807) is 12.4 Å². The van der Waals surface area contributed by atoms with E-state index in [2.05, 4.69) is 65.1 Å². The van der Waals surface area contributed by atoms with Gasteiger partial charge in [0.15, 0.2) is 5.96 Å². The lowest BCUT2D eigenvalue weighted by molar-refractivity contribution is 0.169. The highest BCUT2D eigenvalue weighted by Gasteiger charge is 2.20. The SMILES string of the molecule is CCNC(=NCC(O)c1ccncc1)N1CCN(Cc2ccc(C(C)C)cc2)CC1.I. The van der Waals surface area contributed by atoms with E-state index >= 15 is 0 Å². The quantitative estimate of drug-likeness (QED) is 0.321. The summed E-state index contributed by atoms with van der Waals surface area (Å²) >= 11 is 0. The maximum Gasteiger partial charge on any atom is 0.194 e. The molecular formula is C24H36IN5O. The monoisotopic (exact) mass is 537 g/mol. The molecule has 0 bridgehead atoms. The van der Waals surface area contributed by atoms with Gasteiger partial charge in [-0.15, -0.1) is 24.0 Å². The van der Waals surface area contributed by atoms with Crippen molar-refractivity contribution in [1.82, 2.24) is 20.1 Å². The third-order valence-corrected chi connectivity index (χ3v) is 5.56. The highest BCUT2D eigenvalue weighted by atomic mass is 127. The van der Waals surface area contributed by atoms with Gasteiger partial charge in [0, 0.05) is 51.7 Å². The van der Waals surface area contributed by atoms with Crippen molar-refractivity contribution in [1.29, 1.82) is 0 Å². The molecule has 1 atom stereocenters. The number of aromatic nitrogens is 1. The number of benzene rings is 1. The fourth-order valence-electron chi connectivity index (χ4n) is 3.67. The number of hydrogen-bond donors (Lipinski definition) is 2. The van der Waals surface area contributed by atoms with Crippen LogP contribution in [0.5, 0.6) is 0 Å². The Balaban J connectivity index is 0.00000341. The number of halogens is 1. The molecule has 2 aromatic rings. The number of aliphatic hydroxyl groups is 1. The van der Waals surface area contributed by atoms with Crippen molar-refractivity contribution in [3.05, 3.63) is 65.5 Å². The predicted octanol–water partition coefficient (Wildman–Crippen LogP) is 3.64. The van der Waals surface area contributed by atoms with Gasteiger partial charge in [-0.3, -0.25) is 14.9 Å². The maximum absolute atomic E-state index is 10.4. The standard InChI is InChI=1S/C24H35N5O.HI/c1-4-26-24(27-17-23(30)22-9-11-25-12-10-22)29-15-13-28(14-16-29)18-20-5-7-21(8-6-20)19(2)3;/h5-12,19,23,30H,4,13-18H2,1-3H3,(H,26,27);1H. The molecule has 2 N–H and O–H groups in total. The number of nitrogens with one attached hydrogen (secondary N) is 1. The van der Waals surface area contributed by atoms with E-state index in [0.29, 0.717) is 12.5 Å². The summed E-state index contributed by atoms with van der Waals surface area (Å²) < 4.78 is 0. The van der Waals surface area contributed by atoms with E-state index in [1.807, 2.05) is 12.1 Å². The van der Waals surface area contributed by atoms with Gasteiger partial charge in [-0.1, -0.05) is 38.1 Å². The normalized spacial score (nSPS) is 16.2. The van der Waals surface area contributed by atoms with E-state index in [9.17, 15) is 5.11 Å². The van der Waals surface area contributed by atoms with E-state index in [4.69, 9.17) is 4.99 Å². The van der Waals surface area contributed by atoms with Gasteiger partial charge in [-0.2, -0.15) is 0 Å². The third kappa shape index (κ3) is 7.73. The molecule has 0 aliphatic carbocycles. The van der Waals surface area contributed by atoms with Crippen LogP contribution in [0.25, 0.3) is 0 Å². The van der Waals surface area contributed by atoms with Crippen molar-refractivity contribution >= 4 is 29.9 Å². The van der Waals surface area contributed by atoms with Crippen LogP contribution in [0.1, 0.15) is 49.5 Å². The Morgan fingerprint density at radius 2 is 1.68 bits per heavy atom. The van der Waals surface area contributed by atoms with Crippen molar-refractivity contribution in [2.75, 3.05) is 39.3 Å². The first-order chi connectivity index (χ1) is 14.6. The first-order valence-electron chi connectivity index (χ1n) is 11.0. The van der Waals surface area contributed by atoms with E-state index in [-0.39, 0.29) is 24.0 Å². The van der Waals surface area contributed by atoms with Crippen molar-refractivity contribution in [2.24, 2.45) is 4.99 Å². The highest BCUT2D eigenvalue weighted by molar-refractivity contribution is 14.0. The molecule has 0 radical (unpaired) electrons. The second-order valence-electron chi connectivity index (χ2n) is 8.15. The average molecular weight is 537 g/mol. The van der Waals surface area contributed by atoms with Crippen LogP contribution in [-0.2, 0) is 6.54 Å². The molecule has 1 unspecified atom stereocenters. The second-order valence-corrected chi connectivity index (χ2v) is 8.15. The Hall–Kier alpha value is -1.71. The van der Waals surface area contributed by atoms with E-state index in [0.717, 1.165) is 50.8 Å². The lowest BCUT2D eigenvalue weighted by Gasteiger charge is -2.36.